The Kier molecular flexibility index (Phi) is 7.47. The summed E-state index contributed by atoms with van der Waals surface area (Å²) in [6, 6.07) is 11.4. The van der Waals surface area contributed by atoms with Crippen molar-refractivity contribution in [1.29, 1.82) is 0 Å². The zero-order valence-corrected chi connectivity index (χ0v) is 19.2. The predicted molar refractivity (Wildman–Crippen MR) is 126 cm³/mol. The van der Waals surface area contributed by atoms with Gasteiger partial charge in [-0.05, 0) is 60.4 Å². The van der Waals surface area contributed by atoms with Crippen LogP contribution >= 0.6 is 0 Å². The highest BCUT2D eigenvalue weighted by atomic mass is 19.1. The summed E-state index contributed by atoms with van der Waals surface area (Å²) in [6.07, 6.45) is 6.58. The number of carbonyl (C=O) groups is 2. The number of hydrogen-bond acceptors (Lipinski definition) is 3. The van der Waals surface area contributed by atoms with Gasteiger partial charge in [0.2, 0.25) is 5.91 Å². The van der Waals surface area contributed by atoms with Crippen LogP contribution < -0.4 is 10.1 Å². The molecule has 0 aliphatic carbocycles. The van der Waals surface area contributed by atoms with Gasteiger partial charge in [0.05, 0.1) is 12.6 Å². The van der Waals surface area contributed by atoms with Gasteiger partial charge in [0.25, 0.3) is 0 Å². The molecule has 7 heteroatoms. The average molecular weight is 454 g/mol. The quantitative estimate of drug-likeness (QED) is 0.563. The second-order valence-electron chi connectivity index (χ2n) is 8.79. The van der Waals surface area contributed by atoms with Crippen molar-refractivity contribution in [3.63, 3.8) is 0 Å². The third-order valence-electron chi connectivity index (χ3n) is 6.41. The summed E-state index contributed by atoms with van der Waals surface area (Å²) in [5.74, 6) is 0.417. The number of amides is 3. The first-order valence-electron chi connectivity index (χ1n) is 11.9. The Morgan fingerprint density at radius 1 is 1.12 bits per heavy atom. The van der Waals surface area contributed by atoms with Crippen molar-refractivity contribution in [3.8, 4) is 5.75 Å². The van der Waals surface area contributed by atoms with E-state index in [2.05, 4.69) is 12.2 Å². The highest BCUT2D eigenvalue weighted by Crippen LogP contribution is 2.33. The number of anilines is 1. The molecule has 2 aromatic carbocycles. The van der Waals surface area contributed by atoms with Crippen LogP contribution in [-0.4, -0.2) is 48.0 Å². The molecule has 6 nitrogen and oxygen atoms in total. The molecular weight excluding hydrogens is 421 g/mol. The van der Waals surface area contributed by atoms with Crippen LogP contribution in [0.4, 0.5) is 14.9 Å². The summed E-state index contributed by atoms with van der Waals surface area (Å²) in [4.78, 5) is 28.9. The Morgan fingerprint density at radius 3 is 2.70 bits per heavy atom. The molecule has 1 saturated heterocycles. The van der Waals surface area contributed by atoms with Crippen LogP contribution in [0.1, 0.15) is 56.2 Å². The third kappa shape index (κ3) is 5.64. The average Bonchev–Trinajstić information content (AvgIpc) is 2.81. The van der Waals surface area contributed by atoms with E-state index < -0.39 is 0 Å². The summed E-state index contributed by atoms with van der Waals surface area (Å²) < 4.78 is 19.4. The molecule has 2 aliphatic rings. The van der Waals surface area contributed by atoms with E-state index in [1.165, 1.54) is 42.7 Å². The Labute approximate surface area is 194 Å². The summed E-state index contributed by atoms with van der Waals surface area (Å²) in [6.45, 7) is 3.86. The van der Waals surface area contributed by atoms with Gasteiger partial charge in [0.1, 0.15) is 18.1 Å². The number of ether oxygens (including phenoxy) is 1. The normalized spacial score (nSPS) is 17.4. The molecule has 1 N–H and O–H groups in total. The smallest absolute Gasteiger partial charge is 0.322 e. The van der Waals surface area contributed by atoms with Crippen molar-refractivity contribution in [2.45, 2.75) is 51.5 Å². The van der Waals surface area contributed by atoms with Crippen LogP contribution in [0.3, 0.4) is 0 Å². The summed E-state index contributed by atoms with van der Waals surface area (Å²) in [5, 5.41) is 2.88. The standard InChI is InChI=1S/C26H32FN3O3/c1-2-3-4-5-6-15-33-22-10-8-21(9-11-22)28-26(32)29-17-24-23-12-7-20(27)16-19(23)13-14-30(24)25(31)18-29/h7-12,16,24H,2-6,13-15,17-18H2,1H3,(H,28,32)/t24-/m0/s1. The fourth-order valence-electron chi connectivity index (χ4n) is 4.59. The minimum atomic E-state index is -0.318. The van der Waals surface area contributed by atoms with Crippen LogP contribution in [0.25, 0.3) is 0 Å². The van der Waals surface area contributed by atoms with Gasteiger partial charge in [0.15, 0.2) is 0 Å². The van der Waals surface area contributed by atoms with E-state index >= 15 is 0 Å². The Bertz CT molecular complexity index is 979. The Morgan fingerprint density at radius 2 is 1.91 bits per heavy atom. The van der Waals surface area contributed by atoms with E-state index in [0.29, 0.717) is 31.8 Å². The molecule has 1 fully saturated rings. The molecule has 0 unspecified atom stereocenters. The van der Waals surface area contributed by atoms with Crippen molar-refractivity contribution in [2.24, 2.45) is 0 Å². The first-order chi connectivity index (χ1) is 16.0. The highest BCUT2D eigenvalue weighted by Gasteiger charge is 2.38. The van der Waals surface area contributed by atoms with Crippen molar-refractivity contribution in [3.05, 3.63) is 59.4 Å². The topological polar surface area (TPSA) is 61.9 Å². The van der Waals surface area contributed by atoms with E-state index in [1.807, 2.05) is 12.1 Å². The molecule has 2 heterocycles. The molecule has 176 valence electrons. The van der Waals surface area contributed by atoms with E-state index in [4.69, 9.17) is 4.74 Å². The molecule has 2 aromatic rings. The lowest BCUT2D eigenvalue weighted by molar-refractivity contribution is -0.139. The number of urea groups is 1. The molecule has 2 aliphatic heterocycles. The first kappa shape index (κ1) is 23.1. The number of piperazine rings is 1. The van der Waals surface area contributed by atoms with E-state index in [0.717, 1.165) is 23.3 Å². The van der Waals surface area contributed by atoms with Crippen molar-refractivity contribution in [1.82, 2.24) is 9.80 Å². The maximum absolute atomic E-state index is 13.6. The second-order valence-corrected chi connectivity index (χ2v) is 8.79. The number of nitrogens with one attached hydrogen (secondary N) is 1. The van der Waals surface area contributed by atoms with E-state index in [1.54, 1.807) is 23.1 Å². The lowest BCUT2D eigenvalue weighted by atomic mass is 9.90. The number of carbonyl (C=O) groups excluding carboxylic acids is 2. The maximum atomic E-state index is 13.6. The maximum Gasteiger partial charge on any atom is 0.322 e. The van der Waals surface area contributed by atoms with Gasteiger partial charge in [-0.15, -0.1) is 0 Å². The molecule has 3 amide bonds. The number of rotatable bonds is 8. The predicted octanol–water partition coefficient (Wildman–Crippen LogP) is 5.15. The zero-order valence-electron chi connectivity index (χ0n) is 19.2. The third-order valence-corrected chi connectivity index (χ3v) is 6.41. The summed E-state index contributed by atoms with van der Waals surface area (Å²) in [5.41, 5.74) is 2.48. The van der Waals surface area contributed by atoms with Gasteiger partial charge in [-0.3, -0.25) is 4.79 Å². The van der Waals surface area contributed by atoms with Crippen LogP contribution in [0.15, 0.2) is 42.5 Å². The fourth-order valence-corrected chi connectivity index (χ4v) is 4.59. The Hall–Kier alpha value is -3.09. The van der Waals surface area contributed by atoms with Crippen LogP contribution in [0, 0.1) is 5.82 Å². The molecule has 0 bridgehead atoms. The molecule has 0 aromatic heterocycles. The summed E-state index contributed by atoms with van der Waals surface area (Å²) >= 11 is 0. The molecule has 33 heavy (non-hydrogen) atoms. The minimum Gasteiger partial charge on any atom is -0.494 e. The Balaban J connectivity index is 1.32. The van der Waals surface area contributed by atoms with Crippen LogP contribution in [0.5, 0.6) is 5.75 Å². The number of unbranched alkanes of at least 4 members (excludes halogenated alkanes) is 4. The van der Waals surface area contributed by atoms with Gasteiger partial charge in [-0.25, -0.2) is 9.18 Å². The second kappa shape index (κ2) is 10.7. The number of benzene rings is 2. The van der Waals surface area contributed by atoms with E-state index in [-0.39, 0.29) is 30.3 Å². The monoisotopic (exact) mass is 453 g/mol. The molecule has 0 spiro atoms. The molecule has 0 saturated carbocycles. The molecule has 1 atom stereocenters. The fraction of sp³-hybridized carbons (Fsp3) is 0.462. The number of fused-ring (bicyclic) bond motifs is 3. The van der Waals surface area contributed by atoms with Crippen LogP contribution in [-0.2, 0) is 11.2 Å². The minimum absolute atomic E-state index is 0.0398. The number of halogens is 1. The number of hydrogen-bond donors (Lipinski definition) is 1. The largest absolute Gasteiger partial charge is 0.494 e. The molecule has 0 radical (unpaired) electrons. The van der Waals surface area contributed by atoms with Crippen LogP contribution in [0.2, 0.25) is 0 Å². The highest BCUT2D eigenvalue weighted by molar-refractivity contribution is 5.93. The van der Waals surface area contributed by atoms with Gasteiger partial charge in [0, 0.05) is 18.8 Å². The summed E-state index contributed by atoms with van der Waals surface area (Å²) in [7, 11) is 0. The molecule has 4 rings (SSSR count). The van der Waals surface area contributed by atoms with E-state index in [9.17, 15) is 14.0 Å². The SMILES string of the molecule is CCCCCCCOc1ccc(NC(=O)N2CC(=O)N3CCc4cc(F)ccc4[C@@H]3C2)cc1. The van der Waals surface area contributed by atoms with Gasteiger partial charge in [-0.1, -0.05) is 38.7 Å². The van der Waals surface area contributed by atoms with Gasteiger partial charge in [-0.2, -0.15) is 0 Å². The first-order valence-corrected chi connectivity index (χ1v) is 11.9. The lowest BCUT2D eigenvalue weighted by Crippen LogP contribution is -2.56. The van der Waals surface area contributed by atoms with Crippen molar-refractivity contribution in [2.75, 3.05) is 31.6 Å². The lowest BCUT2D eigenvalue weighted by Gasteiger charge is -2.44. The number of nitrogens with zero attached hydrogens (tertiary/aromatic N) is 2. The van der Waals surface area contributed by atoms with Crippen molar-refractivity contribution >= 4 is 17.6 Å². The van der Waals surface area contributed by atoms with Gasteiger partial charge < -0.3 is 19.9 Å². The molecular formula is C26H32FN3O3. The van der Waals surface area contributed by atoms with Gasteiger partial charge >= 0.3 is 6.03 Å². The zero-order chi connectivity index (χ0) is 23.2. The van der Waals surface area contributed by atoms with Crippen molar-refractivity contribution < 1.29 is 18.7 Å².